The zero-order chi connectivity index (χ0) is 24.4. The second-order valence-electron chi connectivity index (χ2n) is 8.93. The van der Waals surface area contributed by atoms with Crippen LogP contribution in [0.1, 0.15) is 46.8 Å². The number of carboxylic acids is 1. The number of carbonyl (C=O) groups is 3. The number of carboxylic acid groups (broad SMARTS) is 1. The van der Waals surface area contributed by atoms with Gasteiger partial charge in [-0.05, 0) is 46.7 Å². The van der Waals surface area contributed by atoms with E-state index in [4.69, 9.17) is 4.74 Å². The number of aliphatic carboxylic acids is 1. The van der Waals surface area contributed by atoms with Crippen molar-refractivity contribution < 1.29 is 24.2 Å². The number of aromatic nitrogens is 1. The molecule has 8 heteroatoms. The van der Waals surface area contributed by atoms with Gasteiger partial charge in [0.2, 0.25) is 0 Å². The van der Waals surface area contributed by atoms with Crippen molar-refractivity contribution in [1.29, 1.82) is 0 Å². The summed E-state index contributed by atoms with van der Waals surface area (Å²) in [7, 11) is 0. The van der Waals surface area contributed by atoms with E-state index in [0.717, 1.165) is 35.1 Å². The summed E-state index contributed by atoms with van der Waals surface area (Å²) in [4.78, 5) is 40.3. The average Bonchev–Trinajstić information content (AvgIpc) is 3.63. The Kier molecular flexibility index (Phi) is 6.18. The molecule has 5 rings (SSSR count). The highest BCUT2D eigenvalue weighted by atomic mass is 16.5. The summed E-state index contributed by atoms with van der Waals surface area (Å²) in [5.74, 6) is -1.31. The molecule has 1 aromatic heterocycles. The number of carbonyl (C=O) groups excluding carboxylic acids is 2. The molecular weight excluding hydrogens is 446 g/mol. The van der Waals surface area contributed by atoms with Gasteiger partial charge in [0, 0.05) is 5.92 Å². The van der Waals surface area contributed by atoms with E-state index in [0.29, 0.717) is 18.0 Å². The SMILES string of the molecule is O=C(Nc1ccc(C(=O)NC(CC2CC2)C(=O)O)nc1)OCC1c2ccccc2-c2ccccc21. The van der Waals surface area contributed by atoms with Crippen LogP contribution in [-0.4, -0.2) is 40.7 Å². The molecule has 0 radical (unpaired) electrons. The Morgan fingerprint density at radius 1 is 0.971 bits per heavy atom. The fraction of sp³-hybridized carbons (Fsp3) is 0.259. The van der Waals surface area contributed by atoms with E-state index in [2.05, 4.69) is 39.9 Å². The number of nitrogens with zero attached hydrogens (tertiary/aromatic N) is 1. The van der Waals surface area contributed by atoms with E-state index in [1.54, 1.807) is 0 Å². The lowest BCUT2D eigenvalue weighted by Gasteiger charge is -2.15. The number of amides is 2. The third kappa shape index (κ3) is 5.01. The van der Waals surface area contributed by atoms with Crippen LogP contribution in [0.3, 0.4) is 0 Å². The van der Waals surface area contributed by atoms with Crippen molar-refractivity contribution in [2.24, 2.45) is 5.92 Å². The average molecular weight is 472 g/mol. The Morgan fingerprint density at radius 2 is 1.63 bits per heavy atom. The van der Waals surface area contributed by atoms with Gasteiger partial charge < -0.3 is 15.2 Å². The van der Waals surface area contributed by atoms with E-state index in [-0.39, 0.29) is 18.2 Å². The van der Waals surface area contributed by atoms with Crippen molar-refractivity contribution in [3.8, 4) is 11.1 Å². The predicted octanol–water partition coefficient (Wildman–Crippen LogP) is 4.43. The number of rotatable bonds is 8. The minimum absolute atomic E-state index is 0.0461. The van der Waals surface area contributed by atoms with Crippen molar-refractivity contribution in [3.63, 3.8) is 0 Å². The number of hydrogen-bond acceptors (Lipinski definition) is 5. The van der Waals surface area contributed by atoms with E-state index < -0.39 is 24.0 Å². The van der Waals surface area contributed by atoms with Crippen LogP contribution in [0.4, 0.5) is 10.5 Å². The van der Waals surface area contributed by atoms with Crippen LogP contribution >= 0.6 is 0 Å². The van der Waals surface area contributed by atoms with Crippen LogP contribution in [0.25, 0.3) is 11.1 Å². The van der Waals surface area contributed by atoms with Gasteiger partial charge >= 0.3 is 12.1 Å². The highest BCUT2D eigenvalue weighted by Crippen LogP contribution is 2.44. The topological polar surface area (TPSA) is 118 Å². The quantitative estimate of drug-likeness (QED) is 0.448. The molecular formula is C27H25N3O5. The zero-order valence-electron chi connectivity index (χ0n) is 18.9. The van der Waals surface area contributed by atoms with Crippen LogP contribution in [0.15, 0.2) is 66.9 Å². The Labute approximate surface area is 202 Å². The largest absolute Gasteiger partial charge is 0.480 e. The third-order valence-electron chi connectivity index (χ3n) is 6.46. The van der Waals surface area contributed by atoms with Crippen LogP contribution in [0.2, 0.25) is 0 Å². The van der Waals surface area contributed by atoms with Crippen LogP contribution in [0, 0.1) is 5.92 Å². The fourth-order valence-electron chi connectivity index (χ4n) is 4.50. The summed E-state index contributed by atoms with van der Waals surface area (Å²) < 4.78 is 5.52. The molecule has 3 N–H and O–H groups in total. The number of benzene rings is 2. The Hall–Kier alpha value is -4.20. The van der Waals surface area contributed by atoms with Gasteiger partial charge in [0.25, 0.3) is 5.91 Å². The van der Waals surface area contributed by atoms with Crippen LogP contribution in [0.5, 0.6) is 0 Å². The van der Waals surface area contributed by atoms with Crippen molar-refractivity contribution in [2.75, 3.05) is 11.9 Å². The molecule has 1 atom stereocenters. The minimum Gasteiger partial charge on any atom is -0.480 e. The monoisotopic (exact) mass is 471 g/mol. The van der Waals surface area contributed by atoms with Crippen molar-refractivity contribution >= 4 is 23.7 Å². The molecule has 8 nitrogen and oxygen atoms in total. The number of pyridine rings is 1. The lowest BCUT2D eigenvalue weighted by Crippen LogP contribution is -2.41. The van der Waals surface area contributed by atoms with E-state index in [9.17, 15) is 19.5 Å². The number of anilines is 1. The summed E-state index contributed by atoms with van der Waals surface area (Å²) in [5, 5.41) is 14.5. The number of nitrogens with one attached hydrogen (secondary N) is 2. The number of fused-ring (bicyclic) bond motifs is 3. The molecule has 0 aliphatic heterocycles. The molecule has 178 valence electrons. The second kappa shape index (κ2) is 9.58. The highest BCUT2D eigenvalue weighted by molar-refractivity contribution is 5.95. The normalized spacial score (nSPS) is 15.0. The standard InChI is InChI=1S/C27H25N3O5/c31-25(30-24(26(32)33)13-16-9-10-16)23-12-11-17(14-28-23)29-27(34)35-15-22-20-7-3-1-5-18(20)19-6-2-4-8-21(19)22/h1-8,11-12,14,16,22,24H,9-10,13,15H2,(H,29,34)(H,30,31)(H,32,33). The molecule has 2 aromatic carbocycles. The molecule has 2 amide bonds. The first-order valence-corrected chi connectivity index (χ1v) is 11.6. The summed E-state index contributed by atoms with van der Waals surface area (Å²) in [6.45, 7) is 0.186. The fourth-order valence-corrected chi connectivity index (χ4v) is 4.50. The van der Waals surface area contributed by atoms with Gasteiger partial charge in [-0.15, -0.1) is 0 Å². The maximum atomic E-state index is 12.4. The van der Waals surface area contributed by atoms with Gasteiger partial charge in [-0.1, -0.05) is 61.4 Å². The summed E-state index contributed by atoms with van der Waals surface area (Å²) in [6.07, 6.45) is 3.12. The molecule has 1 saturated carbocycles. The third-order valence-corrected chi connectivity index (χ3v) is 6.46. The van der Waals surface area contributed by atoms with E-state index in [1.165, 1.54) is 18.3 Å². The van der Waals surface area contributed by atoms with E-state index in [1.807, 2.05) is 24.3 Å². The Bertz CT molecular complexity index is 1220. The summed E-state index contributed by atoms with van der Waals surface area (Å²) in [6, 6.07) is 18.2. The Balaban J connectivity index is 1.17. The molecule has 3 aromatic rings. The van der Waals surface area contributed by atoms with Crippen molar-refractivity contribution in [2.45, 2.75) is 31.2 Å². The van der Waals surface area contributed by atoms with Gasteiger partial charge in [0.1, 0.15) is 18.3 Å². The smallest absolute Gasteiger partial charge is 0.411 e. The second-order valence-corrected chi connectivity index (χ2v) is 8.93. The highest BCUT2D eigenvalue weighted by Gasteiger charge is 2.31. The minimum atomic E-state index is -1.06. The maximum Gasteiger partial charge on any atom is 0.411 e. The predicted molar refractivity (Wildman–Crippen MR) is 129 cm³/mol. The van der Waals surface area contributed by atoms with Gasteiger partial charge in [-0.3, -0.25) is 10.1 Å². The summed E-state index contributed by atoms with van der Waals surface area (Å²) in [5.41, 5.74) is 4.99. The first-order valence-electron chi connectivity index (χ1n) is 11.6. The van der Waals surface area contributed by atoms with Crippen LogP contribution in [-0.2, 0) is 9.53 Å². The number of hydrogen-bond donors (Lipinski definition) is 3. The lowest BCUT2D eigenvalue weighted by atomic mass is 9.98. The van der Waals surface area contributed by atoms with Gasteiger partial charge in [0.05, 0.1) is 11.9 Å². The first-order chi connectivity index (χ1) is 17.0. The summed E-state index contributed by atoms with van der Waals surface area (Å²) >= 11 is 0. The maximum absolute atomic E-state index is 12.4. The van der Waals surface area contributed by atoms with Crippen LogP contribution < -0.4 is 10.6 Å². The van der Waals surface area contributed by atoms with Gasteiger partial charge in [0.15, 0.2) is 0 Å². The molecule has 0 saturated heterocycles. The molecule has 1 unspecified atom stereocenters. The van der Waals surface area contributed by atoms with E-state index >= 15 is 0 Å². The lowest BCUT2D eigenvalue weighted by molar-refractivity contribution is -0.139. The van der Waals surface area contributed by atoms with Gasteiger partial charge in [-0.2, -0.15) is 0 Å². The number of ether oxygens (including phenoxy) is 1. The van der Waals surface area contributed by atoms with Crippen molar-refractivity contribution in [1.82, 2.24) is 10.3 Å². The molecule has 0 spiro atoms. The first kappa shape index (κ1) is 22.6. The van der Waals surface area contributed by atoms with Gasteiger partial charge in [-0.25, -0.2) is 14.6 Å². The molecule has 2 aliphatic rings. The molecule has 1 heterocycles. The Morgan fingerprint density at radius 3 is 2.20 bits per heavy atom. The molecule has 35 heavy (non-hydrogen) atoms. The molecule has 2 aliphatic carbocycles. The molecule has 1 fully saturated rings. The van der Waals surface area contributed by atoms with Crippen molar-refractivity contribution in [3.05, 3.63) is 83.7 Å². The molecule has 0 bridgehead atoms. The zero-order valence-corrected chi connectivity index (χ0v) is 18.9.